The molecule has 0 spiro atoms. The highest BCUT2D eigenvalue weighted by molar-refractivity contribution is 5.61. The molecule has 1 atom stereocenters. The van der Waals surface area contributed by atoms with Crippen molar-refractivity contribution in [3.8, 4) is 17.2 Å². The van der Waals surface area contributed by atoms with Crippen LogP contribution in [0.25, 0.3) is 0 Å². The SMILES string of the molecule is COc1cc2c(c3c1OCO3)CN(C)CC2O. The molecular formula is C12H15NO4. The zero-order valence-electron chi connectivity index (χ0n) is 9.90. The molecule has 0 saturated heterocycles. The average Bonchev–Trinajstić information content (AvgIpc) is 2.77. The van der Waals surface area contributed by atoms with Gasteiger partial charge in [0.15, 0.2) is 11.5 Å². The molecule has 0 fully saturated rings. The third-order valence-electron chi connectivity index (χ3n) is 3.24. The summed E-state index contributed by atoms with van der Waals surface area (Å²) in [7, 11) is 3.56. The number of nitrogens with zero attached hydrogens (tertiary/aromatic N) is 1. The molecule has 1 N–H and O–H groups in total. The highest BCUT2D eigenvalue weighted by Gasteiger charge is 2.31. The predicted octanol–water partition coefficient (Wildman–Crippen LogP) is 0.903. The van der Waals surface area contributed by atoms with Gasteiger partial charge in [0, 0.05) is 18.7 Å². The van der Waals surface area contributed by atoms with Crippen molar-refractivity contribution in [2.24, 2.45) is 0 Å². The van der Waals surface area contributed by atoms with E-state index in [1.807, 2.05) is 13.1 Å². The molecule has 0 bridgehead atoms. The number of likely N-dealkylation sites (N-methyl/N-ethyl adjacent to an activating group) is 1. The van der Waals surface area contributed by atoms with Crippen molar-refractivity contribution in [2.75, 3.05) is 27.5 Å². The smallest absolute Gasteiger partial charge is 0.231 e. The number of hydrogen-bond acceptors (Lipinski definition) is 5. The van der Waals surface area contributed by atoms with Gasteiger partial charge in [-0.2, -0.15) is 0 Å². The molecule has 1 aromatic carbocycles. The molecule has 5 heteroatoms. The Morgan fingerprint density at radius 1 is 1.41 bits per heavy atom. The lowest BCUT2D eigenvalue weighted by atomic mass is 9.96. The van der Waals surface area contributed by atoms with E-state index in [-0.39, 0.29) is 6.79 Å². The Morgan fingerprint density at radius 2 is 2.18 bits per heavy atom. The van der Waals surface area contributed by atoms with Gasteiger partial charge < -0.3 is 19.3 Å². The second-order valence-electron chi connectivity index (χ2n) is 4.42. The normalized spacial score (nSPS) is 22.4. The molecule has 17 heavy (non-hydrogen) atoms. The van der Waals surface area contributed by atoms with Crippen LogP contribution in [0.5, 0.6) is 17.2 Å². The third kappa shape index (κ3) is 1.54. The van der Waals surface area contributed by atoms with Crippen molar-refractivity contribution >= 4 is 0 Å². The lowest BCUT2D eigenvalue weighted by Crippen LogP contribution is -2.30. The number of ether oxygens (including phenoxy) is 3. The highest BCUT2D eigenvalue weighted by atomic mass is 16.7. The molecule has 2 heterocycles. The molecule has 0 aliphatic carbocycles. The minimum absolute atomic E-state index is 0.210. The Labute approximate surface area is 99.5 Å². The van der Waals surface area contributed by atoms with Crippen molar-refractivity contribution in [1.29, 1.82) is 0 Å². The molecule has 92 valence electrons. The molecule has 2 aliphatic rings. The van der Waals surface area contributed by atoms with E-state index in [1.165, 1.54) is 0 Å². The summed E-state index contributed by atoms with van der Waals surface area (Å²) in [5.74, 6) is 1.98. The number of aliphatic hydroxyl groups is 1. The van der Waals surface area contributed by atoms with Crippen LogP contribution in [-0.4, -0.2) is 37.5 Å². The van der Waals surface area contributed by atoms with Crippen LogP contribution in [-0.2, 0) is 6.54 Å². The summed E-state index contributed by atoms with van der Waals surface area (Å²) in [4.78, 5) is 2.06. The summed E-state index contributed by atoms with van der Waals surface area (Å²) < 4.78 is 16.2. The van der Waals surface area contributed by atoms with Crippen molar-refractivity contribution in [3.63, 3.8) is 0 Å². The van der Waals surface area contributed by atoms with Crippen LogP contribution in [0.3, 0.4) is 0 Å². The number of hydrogen-bond donors (Lipinski definition) is 1. The Balaban J connectivity index is 2.18. The Kier molecular flexibility index (Phi) is 2.38. The second kappa shape index (κ2) is 3.78. The molecule has 1 aromatic rings. The quantitative estimate of drug-likeness (QED) is 0.786. The van der Waals surface area contributed by atoms with Crippen molar-refractivity contribution in [3.05, 3.63) is 17.2 Å². The molecule has 0 saturated carbocycles. The number of fused-ring (bicyclic) bond motifs is 3. The predicted molar refractivity (Wildman–Crippen MR) is 60.4 cm³/mol. The summed E-state index contributed by atoms with van der Waals surface area (Å²) in [6.45, 7) is 1.58. The summed E-state index contributed by atoms with van der Waals surface area (Å²) >= 11 is 0. The van der Waals surface area contributed by atoms with E-state index in [9.17, 15) is 5.11 Å². The largest absolute Gasteiger partial charge is 0.493 e. The van der Waals surface area contributed by atoms with E-state index >= 15 is 0 Å². The Hall–Kier alpha value is -1.46. The van der Waals surface area contributed by atoms with Crippen molar-refractivity contribution in [2.45, 2.75) is 12.6 Å². The van der Waals surface area contributed by atoms with E-state index in [0.29, 0.717) is 23.8 Å². The third-order valence-corrected chi connectivity index (χ3v) is 3.24. The Bertz CT molecular complexity index is 460. The monoisotopic (exact) mass is 237 g/mol. The van der Waals surface area contributed by atoms with Gasteiger partial charge in [0.2, 0.25) is 12.5 Å². The average molecular weight is 237 g/mol. The number of benzene rings is 1. The first-order valence-corrected chi connectivity index (χ1v) is 5.56. The van der Waals surface area contributed by atoms with Gasteiger partial charge in [-0.25, -0.2) is 0 Å². The van der Waals surface area contributed by atoms with E-state index in [0.717, 1.165) is 17.7 Å². The summed E-state index contributed by atoms with van der Waals surface area (Å²) in [5, 5.41) is 10.1. The van der Waals surface area contributed by atoms with Crippen molar-refractivity contribution in [1.82, 2.24) is 4.90 Å². The second-order valence-corrected chi connectivity index (χ2v) is 4.42. The molecule has 5 nitrogen and oxygen atoms in total. The number of rotatable bonds is 1. The van der Waals surface area contributed by atoms with Gasteiger partial charge >= 0.3 is 0 Å². The van der Waals surface area contributed by atoms with Gasteiger partial charge in [0.25, 0.3) is 0 Å². The minimum atomic E-state index is -0.507. The number of aliphatic hydroxyl groups excluding tert-OH is 1. The van der Waals surface area contributed by atoms with Gasteiger partial charge in [-0.3, -0.25) is 4.90 Å². The van der Waals surface area contributed by atoms with Gasteiger partial charge in [-0.1, -0.05) is 0 Å². The molecule has 2 aliphatic heterocycles. The van der Waals surface area contributed by atoms with E-state index in [2.05, 4.69) is 4.90 Å². The van der Waals surface area contributed by atoms with Crippen LogP contribution >= 0.6 is 0 Å². The van der Waals surface area contributed by atoms with Gasteiger partial charge in [-0.05, 0) is 18.7 Å². The van der Waals surface area contributed by atoms with Crippen LogP contribution in [0, 0.1) is 0 Å². The van der Waals surface area contributed by atoms with Crippen molar-refractivity contribution < 1.29 is 19.3 Å². The first kappa shape index (κ1) is 10.7. The van der Waals surface area contributed by atoms with Crippen LogP contribution < -0.4 is 14.2 Å². The molecule has 0 aromatic heterocycles. The van der Waals surface area contributed by atoms with Gasteiger partial charge in [0.1, 0.15) is 0 Å². The first-order chi connectivity index (χ1) is 8.20. The number of methoxy groups -OCH3 is 1. The Morgan fingerprint density at radius 3 is 2.94 bits per heavy atom. The molecule has 0 amide bonds. The number of β-amino-alcohol motifs (C(OH)–C–C–N with tert-alkyl or cyclic N) is 1. The van der Waals surface area contributed by atoms with Gasteiger partial charge in [-0.15, -0.1) is 0 Å². The minimum Gasteiger partial charge on any atom is -0.493 e. The lowest BCUT2D eigenvalue weighted by Gasteiger charge is -2.30. The summed E-state index contributed by atoms with van der Waals surface area (Å²) in [6, 6.07) is 1.85. The van der Waals surface area contributed by atoms with Crippen LogP contribution in [0.15, 0.2) is 6.07 Å². The molecule has 1 unspecified atom stereocenters. The maximum absolute atomic E-state index is 10.1. The first-order valence-electron chi connectivity index (χ1n) is 5.56. The maximum atomic E-state index is 10.1. The molecule has 0 radical (unpaired) electrons. The standard InChI is InChI=1S/C12H15NO4/c1-13-4-8-7(9(14)5-13)3-10(15-2)12-11(8)16-6-17-12/h3,9,14H,4-6H2,1-2H3. The van der Waals surface area contributed by atoms with Crippen LogP contribution in [0.2, 0.25) is 0 Å². The highest BCUT2D eigenvalue weighted by Crippen LogP contribution is 2.48. The molecule has 3 rings (SSSR count). The van der Waals surface area contributed by atoms with E-state index < -0.39 is 6.10 Å². The summed E-state index contributed by atoms with van der Waals surface area (Å²) in [5.41, 5.74) is 1.88. The summed E-state index contributed by atoms with van der Waals surface area (Å²) in [6.07, 6.45) is -0.507. The van der Waals surface area contributed by atoms with Gasteiger partial charge in [0.05, 0.1) is 13.2 Å². The zero-order valence-corrected chi connectivity index (χ0v) is 9.90. The molecular weight excluding hydrogens is 222 g/mol. The van der Waals surface area contributed by atoms with Crippen LogP contribution in [0.4, 0.5) is 0 Å². The fourth-order valence-corrected chi connectivity index (χ4v) is 2.45. The fraction of sp³-hybridized carbons (Fsp3) is 0.500. The zero-order chi connectivity index (χ0) is 12.0. The van der Waals surface area contributed by atoms with E-state index in [4.69, 9.17) is 14.2 Å². The lowest BCUT2D eigenvalue weighted by molar-refractivity contribution is 0.105. The fourth-order valence-electron chi connectivity index (χ4n) is 2.45. The maximum Gasteiger partial charge on any atom is 0.231 e. The van der Waals surface area contributed by atoms with Crippen LogP contribution in [0.1, 0.15) is 17.2 Å². The van der Waals surface area contributed by atoms with E-state index in [1.54, 1.807) is 7.11 Å². The topological polar surface area (TPSA) is 51.2 Å².